The molecular formula is C11H19NO2. The van der Waals surface area contributed by atoms with Gasteiger partial charge in [0.25, 0.3) is 0 Å². The van der Waals surface area contributed by atoms with Crippen LogP contribution in [0.3, 0.4) is 0 Å². The number of carbonyl (C=O) groups is 1. The first-order chi connectivity index (χ1) is 6.46. The van der Waals surface area contributed by atoms with Crippen molar-refractivity contribution < 1.29 is 9.53 Å². The monoisotopic (exact) mass is 197 g/mol. The predicted molar refractivity (Wildman–Crippen MR) is 53.5 cm³/mol. The van der Waals surface area contributed by atoms with E-state index in [4.69, 9.17) is 5.73 Å². The van der Waals surface area contributed by atoms with Gasteiger partial charge in [0.2, 0.25) is 0 Å². The third-order valence-corrected chi connectivity index (χ3v) is 4.45. The maximum atomic E-state index is 11.3. The molecule has 0 aromatic heterocycles. The summed E-state index contributed by atoms with van der Waals surface area (Å²) < 4.78 is 4.69. The van der Waals surface area contributed by atoms with Gasteiger partial charge in [-0.2, -0.15) is 0 Å². The van der Waals surface area contributed by atoms with Crippen LogP contribution in [0.25, 0.3) is 0 Å². The Labute approximate surface area is 85.0 Å². The Hall–Kier alpha value is -0.570. The first kappa shape index (κ1) is 9.97. The highest BCUT2D eigenvalue weighted by Crippen LogP contribution is 2.77. The third kappa shape index (κ3) is 0.991. The summed E-state index contributed by atoms with van der Waals surface area (Å²) >= 11 is 0. The molecule has 14 heavy (non-hydrogen) atoms. The molecule has 0 amide bonds. The van der Waals surface area contributed by atoms with Gasteiger partial charge < -0.3 is 10.5 Å². The van der Waals surface area contributed by atoms with Crippen LogP contribution in [0, 0.1) is 16.7 Å². The zero-order valence-electron chi connectivity index (χ0n) is 9.17. The lowest BCUT2D eigenvalue weighted by atomic mass is 9.30. The van der Waals surface area contributed by atoms with Crippen molar-refractivity contribution in [3.63, 3.8) is 0 Å². The van der Waals surface area contributed by atoms with Crippen molar-refractivity contribution in [1.29, 1.82) is 0 Å². The number of nitrogens with two attached hydrogens (primary N) is 1. The minimum absolute atomic E-state index is 0.0946. The lowest BCUT2D eigenvalue weighted by Crippen LogP contribution is -2.72. The molecule has 0 saturated heterocycles. The fraction of sp³-hybridized carbons (Fsp3) is 0.909. The van der Waals surface area contributed by atoms with E-state index >= 15 is 0 Å². The van der Waals surface area contributed by atoms with E-state index in [-0.39, 0.29) is 11.4 Å². The van der Waals surface area contributed by atoms with Crippen molar-refractivity contribution >= 4 is 5.97 Å². The van der Waals surface area contributed by atoms with Crippen LogP contribution in [0.4, 0.5) is 0 Å². The van der Waals surface area contributed by atoms with E-state index in [0.29, 0.717) is 11.3 Å². The fourth-order valence-electron chi connectivity index (χ4n) is 3.27. The molecule has 0 radical (unpaired) electrons. The Morgan fingerprint density at radius 3 is 2.14 bits per heavy atom. The Balaban J connectivity index is 1.97. The quantitative estimate of drug-likeness (QED) is 0.694. The first-order valence-electron chi connectivity index (χ1n) is 5.29. The van der Waals surface area contributed by atoms with Crippen molar-refractivity contribution in [2.75, 3.05) is 7.11 Å². The summed E-state index contributed by atoms with van der Waals surface area (Å²) in [4.78, 5) is 11.3. The number of hydrogen-bond donors (Lipinski definition) is 1. The van der Waals surface area contributed by atoms with Gasteiger partial charge in [0.1, 0.15) is 6.04 Å². The average Bonchev–Trinajstić information content (AvgIpc) is 1.96. The molecule has 3 nitrogen and oxygen atoms in total. The zero-order chi connectivity index (χ0) is 10.6. The predicted octanol–water partition coefficient (Wildman–Crippen LogP) is 1.31. The molecule has 0 aromatic carbocycles. The van der Waals surface area contributed by atoms with Crippen LogP contribution in [-0.2, 0) is 9.53 Å². The number of rotatable bonds is 3. The van der Waals surface area contributed by atoms with Crippen LogP contribution in [0.15, 0.2) is 0 Å². The van der Waals surface area contributed by atoms with Crippen molar-refractivity contribution in [3.8, 4) is 0 Å². The van der Waals surface area contributed by atoms with Crippen LogP contribution >= 0.6 is 0 Å². The largest absolute Gasteiger partial charge is 0.468 e. The smallest absolute Gasteiger partial charge is 0.323 e. The van der Waals surface area contributed by atoms with Crippen molar-refractivity contribution in [1.82, 2.24) is 0 Å². The lowest BCUT2D eigenvalue weighted by Gasteiger charge is -2.74. The van der Waals surface area contributed by atoms with E-state index in [2.05, 4.69) is 18.6 Å². The van der Waals surface area contributed by atoms with Gasteiger partial charge in [-0.25, -0.2) is 0 Å². The van der Waals surface area contributed by atoms with E-state index in [0.717, 1.165) is 19.3 Å². The Kier molecular flexibility index (Phi) is 1.94. The molecule has 3 heteroatoms. The number of hydrogen-bond acceptors (Lipinski definition) is 3. The summed E-state index contributed by atoms with van der Waals surface area (Å²) in [5.74, 6) is 0.469. The molecule has 80 valence electrons. The molecule has 0 unspecified atom stereocenters. The van der Waals surface area contributed by atoms with Gasteiger partial charge in [0.15, 0.2) is 0 Å². The summed E-state index contributed by atoms with van der Waals surface area (Å²) in [5.41, 5.74) is 6.49. The maximum Gasteiger partial charge on any atom is 0.323 e. The van der Waals surface area contributed by atoms with Gasteiger partial charge in [-0.1, -0.05) is 13.8 Å². The van der Waals surface area contributed by atoms with Gasteiger partial charge in [-0.05, 0) is 36.0 Å². The Morgan fingerprint density at radius 1 is 1.29 bits per heavy atom. The van der Waals surface area contributed by atoms with Gasteiger partial charge >= 0.3 is 5.97 Å². The van der Waals surface area contributed by atoms with E-state index < -0.39 is 6.04 Å². The second-order valence-electron chi connectivity index (χ2n) is 5.41. The molecule has 0 aliphatic heterocycles. The van der Waals surface area contributed by atoms with Crippen LogP contribution in [0.1, 0.15) is 33.1 Å². The fourth-order valence-corrected chi connectivity index (χ4v) is 3.27. The number of methoxy groups -OCH3 is 1. The number of ether oxygens (including phenoxy) is 1. The molecule has 2 N–H and O–H groups in total. The summed E-state index contributed by atoms with van der Waals surface area (Å²) in [7, 11) is 1.41. The highest BCUT2D eigenvalue weighted by atomic mass is 16.5. The topological polar surface area (TPSA) is 52.3 Å². The van der Waals surface area contributed by atoms with Gasteiger partial charge in [0.05, 0.1) is 7.11 Å². The molecule has 2 bridgehead atoms. The van der Waals surface area contributed by atoms with E-state index in [1.54, 1.807) is 0 Å². The Bertz CT molecular complexity index is 253. The van der Waals surface area contributed by atoms with Crippen LogP contribution in [0.2, 0.25) is 0 Å². The van der Waals surface area contributed by atoms with Gasteiger partial charge in [-0.15, -0.1) is 0 Å². The van der Waals surface area contributed by atoms with Gasteiger partial charge in [0, 0.05) is 0 Å². The molecule has 3 aliphatic carbocycles. The van der Waals surface area contributed by atoms with Gasteiger partial charge in [-0.3, -0.25) is 4.79 Å². The van der Waals surface area contributed by atoms with Crippen molar-refractivity contribution in [3.05, 3.63) is 0 Å². The summed E-state index contributed by atoms with van der Waals surface area (Å²) in [5, 5.41) is 0. The summed E-state index contributed by atoms with van der Waals surface area (Å²) in [6, 6.07) is -0.395. The third-order valence-electron chi connectivity index (χ3n) is 4.45. The highest BCUT2D eigenvalue weighted by molar-refractivity contribution is 5.77. The summed E-state index contributed by atoms with van der Waals surface area (Å²) in [6.45, 7) is 4.51. The van der Waals surface area contributed by atoms with Crippen LogP contribution in [-0.4, -0.2) is 19.1 Å². The molecule has 3 rings (SSSR count). The molecule has 3 fully saturated rings. The van der Waals surface area contributed by atoms with E-state index in [1.807, 2.05) is 0 Å². The van der Waals surface area contributed by atoms with E-state index in [9.17, 15) is 4.79 Å². The second-order valence-corrected chi connectivity index (χ2v) is 5.41. The average molecular weight is 197 g/mol. The summed E-state index contributed by atoms with van der Waals surface area (Å²) in [6.07, 6.45) is 3.36. The van der Waals surface area contributed by atoms with Crippen LogP contribution in [0.5, 0.6) is 0 Å². The lowest BCUT2D eigenvalue weighted by molar-refractivity contribution is -0.242. The Morgan fingerprint density at radius 2 is 1.79 bits per heavy atom. The van der Waals surface area contributed by atoms with E-state index in [1.165, 1.54) is 7.11 Å². The molecule has 0 spiro atoms. The zero-order valence-corrected chi connectivity index (χ0v) is 9.17. The van der Waals surface area contributed by atoms with Crippen molar-refractivity contribution in [2.45, 2.75) is 39.2 Å². The van der Waals surface area contributed by atoms with Crippen molar-refractivity contribution in [2.24, 2.45) is 22.5 Å². The molecule has 3 saturated carbocycles. The molecule has 0 aromatic rings. The molecule has 1 atom stereocenters. The number of esters is 1. The SMILES string of the molecule is COC(=O)[C@@H](N)C12CC(C(C)C)(C1)C2. The number of carbonyl (C=O) groups excluding carboxylic acids is 1. The van der Waals surface area contributed by atoms with Crippen LogP contribution < -0.4 is 5.73 Å². The standard InChI is InChI=1S/C11H19NO2/c1-7(2)10-4-11(5-10,6-10)8(12)9(13)14-3/h7-8H,4-6,12H2,1-3H3/t8-,10?,11?/m1/s1. The maximum absolute atomic E-state index is 11.3. The minimum Gasteiger partial charge on any atom is -0.468 e. The molecule has 0 heterocycles. The highest BCUT2D eigenvalue weighted by Gasteiger charge is 2.71. The normalized spacial score (nSPS) is 41.2. The second kappa shape index (κ2) is 2.72. The molecular weight excluding hydrogens is 178 g/mol. The minimum atomic E-state index is -0.395. The molecule has 3 aliphatic rings. The first-order valence-corrected chi connectivity index (χ1v) is 5.29.